The van der Waals surface area contributed by atoms with Gasteiger partial charge in [-0.1, -0.05) is 0 Å². The minimum absolute atomic E-state index is 0.0159. The summed E-state index contributed by atoms with van der Waals surface area (Å²) in [6.45, 7) is 3.70. The predicted molar refractivity (Wildman–Crippen MR) is 89.9 cm³/mol. The van der Waals surface area contributed by atoms with Gasteiger partial charge in [-0.15, -0.1) is 0 Å². The van der Waals surface area contributed by atoms with Gasteiger partial charge in [0.25, 0.3) is 11.8 Å². The van der Waals surface area contributed by atoms with Gasteiger partial charge in [0.15, 0.2) is 0 Å². The van der Waals surface area contributed by atoms with E-state index in [1.165, 1.54) is 0 Å². The number of carbonyl (C=O) groups is 2. The van der Waals surface area contributed by atoms with Crippen LogP contribution < -0.4 is 5.32 Å². The number of hydrogen-bond acceptors (Lipinski definition) is 4. The van der Waals surface area contributed by atoms with E-state index in [2.05, 4.69) is 10.3 Å². The van der Waals surface area contributed by atoms with Crippen LogP contribution in [0.5, 0.6) is 0 Å². The van der Waals surface area contributed by atoms with Crippen molar-refractivity contribution in [2.24, 2.45) is 0 Å². The number of rotatable bonds is 3. The van der Waals surface area contributed by atoms with Gasteiger partial charge in [-0.05, 0) is 43.3 Å². The largest absolute Gasteiger partial charge is 0.377 e. The molecule has 0 saturated carbocycles. The normalized spacial score (nSPS) is 17.4. The van der Waals surface area contributed by atoms with Crippen LogP contribution in [0.4, 0.5) is 5.69 Å². The summed E-state index contributed by atoms with van der Waals surface area (Å²) < 4.78 is 5.36. The zero-order chi connectivity index (χ0) is 16.9. The summed E-state index contributed by atoms with van der Waals surface area (Å²) in [4.78, 5) is 30.3. The number of morpholine rings is 1. The summed E-state index contributed by atoms with van der Waals surface area (Å²) in [6.07, 6.45) is 3.14. The predicted octanol–water partition coefficient (Wildman–Crippen LogP) is 2.19. The molecule has 0 radical (unpaired) electrons. The second kappa shape index (κ2) is 7.23. The molecule has 1 unspecified atom stereocenters. The Morgan fingerprint density at radius 1 is 1.12 bits per heavy atom. The average Bonchev–Trinajstić information content (AvgIpc) is 2.63. The lowest BCUT2D eigenvalue weighted by Crippen LogP contribution is -2.47. The quantitative estimate of drug-likeness (QED) is 0.939. The second-order valence-electron chi connectivity index (χ2n) is 5.69. The Balaban J connectivity index is 1.67. The third-order valence-electron chi connectivity index (χ3n) is 3.96. The molecule has 2 heterocycles. The monoisotopic (exact) mass is 325 g/mol. The van der Waals surface area contributed by atoms with Crippen molar-refractivity contribution in [1.29, 1.82) is 0 Å². The molecule has 1 saturated heterocycles. The number of ether oxygens (including phenoxy) is 1. The van der Waals surface area contributed by atoms with Crippen molar-refractivity contribution in [3.8, 4) is 0 Å². The summed E-state index contributed by atoms with van der Waals surface area (Å²) in [6, 6.07) is 10.3. The Bertz CT molecular complexity index is 716. The maximum absolute atomic E-state index is 12.5. The SMILES string of the molecule is CC1COCCN1C(=O)c1ccc(NC(=O)c2ccncc2)cc1. The number of aromatic nitrogens is 1. The fourth-order valence-electron chi connectivity index (χ4n) is 2.60. The fraction of sp³-hybridized carbons (Fsp3) is 0.278. The van der Waals surface area contributed by atoms with Gasteiger partial charge in [-0.2, -0.15) is 0 Å². The van der Waals surface area contributed by atoms with Gasteiger partial charge in [0.05, 0.1) is 19.3 Å². The molecular formula is C18H19N3O3. The summed E-state index contributed by atoms with van der Waals surface area (Å²) in [5, 5.41) is 2.80. The number of nitrogens with one attached hydrogen (secondary N) is 1. The maximum atomic E-state index is 12.5. The molecule has 2 amide bonds. The summed E-state index contributed by atoms with van der Waals surface area (Å²) in [5.41, 5.74) is 1.78. The number of hydrogen-bond donors (Lipinski definition) is 1. The van der Waals surface area contributed by atoms with Crippen LogP contribution in [-0.4, -0.2) is 47.5 Å². The van der Waals surface area contributed by atoms with E-state index in [0.29, 0.717) is 36.6 Å². The van der Waals surface area contributed by atoms with Crippen molar-refractivity contribution in [3.05, 3.63) is 59.9 Å². The molecule has 2 aromatic rings. The van der Waals surface area contributed by atoms with Gasteiger partial charge in [0.1, 0.15) is 0 Å². The molecule has 0 spiro atoms. The van der Waals surface area contributed by atoms with Crippen LogP contribution in [0.15, 0.2) is 48.8 Å². The maximum Gasteiger partial charge on any atom is 0.255 e. The third-order valence-corrected chi connectivity index (χ3v) is 3.96. The topological polar surface area (TPSA) is 71.5 Å². The van der Waals surface area contributed by atoms with E-state index in [0.717, 1.165) is 0 Å². The molecule has 3 rings (SSSR count). The van der Waals surface area contributed by atoms with E-state index >= 15 is 0 Å². The number of nitrogens with zero attached hydrogens (tertiary/aromatic N) is 2. The summed E-state index contributed by atoms with van der Waals surface area (Å²) >= 11 is 0. The lowest BCUT2D eigenvalue weighted by atomic mass is 10.1. The molecule has 1 aromatic heterocycles. The molecular weight excluding hydrogens is 306 g/mol. The fourth-order valence-corrected chi connectivity index (χ4v) is 2.60. The molecule has 24 heavy (non-hydrogen) atoms. The first-order chi connectivity index (χ1) is 11.6. The number of carbonyl (C=O) groups excluding carboxylic acids is 2. The standard InChI is InChI=1S/C18H19N3O3/c1-13-12-24-11-10-21(13)18(23)15-2-4-16(5-3-15)20-17(22)14-6-8-19-9-7-14/h2-9,13H,10-12H2,1H3,(H,20,22). The minimum atomic E-state index is -0.210. The highest BCUT2D eigenvalue weighted by molar-refractivity contribution is 6.04. The molecule has 1 N–H and O–H groups in total. The van der Waals surface area contributed by atoms with Crippen LogP contribution in [0.3, 0.4) is 0 Å². The van der Waals surface area contributed by atoms with Gasteiger partial charge >= 0.3 is 0 Å². The van der Waals surface area contributed by atoms with Gasteiger partial charge in [-0.3, -0.25) is 14.6 Å². The number of amides is 2. The Kier molecular flexibility index (Phi) is 4.86. The van der Waals surface area contributed by atoms with Gasteiger partial charge in [-0.25, -0.2) is 0 Å². The molecule has 1 atom stereocenters. The average molecular weight is 325 g/mol. The smallest absolute Gasteiger partial charge is 0.255 e. The lowest BCUT2D eigenvalue weighted by Gasteiger charge is -2.33. The van der Waals surface area contributed by atoms with Crippen molar-refractivity contribution in [1.82, 2.24) is 9.88 Å². The van der Waals surface area contributed by atoms with Crippen LogP contribution in [-0.2, 0) is 4.74 Å². The van der Waals surface area contributed by atoms with Crippen molar-refractivity contribution in [2.45, 2.75) is 13.0 Å². The van der Waals surface area contributed by atoms with Crippen LogP contribution >= 0.6 is 0 Å². The zero-order valence-corrected chi connectivity index (χ0v) is 13.4. The Morgan fingerprint density at radius 3 is 2.50 bits per heavy atom. The van der Waals surface area contributed by atoms with Crippen LogP contribution in [0.25, 0.3) is 0 Å². The van der Waals surface area contributed by atoms with E-state index in [4.69, 9.17) is 4.74 Å². The van der Waals surface area contributed by atoms with Gasteiger partial charge < -0.3 is 15.0 Å². The van der Waals surface area contributed by atoms with Crippen molar-refractivity contribution < 1.29 is 14.3 Å². The van der Waals surface area contributed by atoms with Crippen molar-refractivity contribution in [3.63, 3.8) is 0 Å². The Morgan fingerprint density at radius 2 is 1.83 bits per heavy atom. The Hall–Kier alpha value is -2.73. The number of benzene rings is 1. The van der Waals surface area contributed by atoms with E-state index in [1.54, 1.807) is 48.8 Å². The molecule has 6 heteroatoms. The molecule has 1 aromatic carbocycles. The molecule has 0 aliphatic carbocycles. The van der Waals surface area contributed by atoms with E-state index in [1.807, 2.05) is 11.8 Å². The van der Waals surface area contributed by atoms with Crippen LogP contribution in [0.2, 0.25) is 0 Å². The van der Waals surface area contributed by atoms with Crippen molar-refractivity contribution in [2.75, 3.05) is 25.1 Å². The lowest BCUT2D eigenvalue weighted by molar-refractivity contribution is 0.00359. The molecule has 124 valence electrons. The number of anilines is 1. The first kappa shape index (κ1) is 16.1. The summed E-state index contributed by atoms with van der Waals surface area (Å²) in [5.74, 6) is -0.226. The van der Waals surface area contributed by atoms with Crippen LogP contribution in [0.1, 0.15) is 27.6 Å². The highest BCUT2D eigenvalue weighted by atomic mass is 16.5. The highest BCUT2D eigenvalue weighted by Crippen LogP contribution is 2.16. The first-order valence-corrected chi connectivity index (χ1v) is 7.85. The van der Waals surface area contributed by atoms with Gasteiger partial charge in [0.2, 0.25) is 0 Å². The molecule has 0 bridgehead atoms. The minimum Gasteiger partial charge on any atom is -0.377 e. The van der Waals surface area contributed by atoms with Crippen LogP contribution in [0, 0.1) is 0 Å². The molecule has 1 aliphatic rings. The number of pyridine rings is 1. The second-order valence-corrected chi connectivity index (χ2v) is 5.69. The van der Waals surface area contributed by atoms with E-state index in [9.17, 15) is 9.59 Å². The van der Waals surface area contributed by atoms with Gasteiger partial charge in [0, 0.05) is 35.8 Å². The van der Waals surface area contributed by atoms with Crippen molar-refractivity contribution >= 4 is 17.5 Å². The molecule has 6 nitrogen and oxygen atoms in total. The summed E-state index contributed by atoms with van der Waals surface area (Å²) in [7, 11) is 0. The molecule has 1 fully saturated rings. The first-order valence-electron chi connectivity index (χ1n) is 7.85. The third kappa shape index (κ3) is 3.60. The van der Waals surface area contributed by atoms with E-state index in [-0.39, 0.29) is 17.9 Å². The Labute approximate surface area is 140 Å². The highest BCUT2D eigenvalue weighted by Gasteiger charge is 2.24. The zero-order valence-electron chi connectivity index (χ0n) is 13.4. The molecule has 1 aliphatic heterocycles. The van der Waals surface area contributed by atoms with E-state index < -0.39 is 0 Å².